The van der Waals surface area contributed by atoms with Crippen LogP contribution in [-0.2, 0) is 10.0 Å². The highest BCUT2D eigenvalue weighted by atomic mass is 35.5. The van der Waals surface area contributed by atoms with Crippen LogP contribution < -0.4 is 4.72 Å². The molecule has 1 N–H and O–H groups in total. The van der Waals surface area contributed by atoms with Gasteiger partial charge in [0.1, 0.15) is 5.15 Å². The molecule has 2 aromatic rings. The molecule has 0 unspecified atom stereocenters. The topological polar surface area (TPSA) is 84.8 Å². The molecule has 2 rings (SSSR count). The molecule has 0 atom stereocenters. The third-order valence-electron chi connectivity index (χ3n) is 1.81. The molecule has 0 aliphatic carbocycles. The van der Waals surface area contributed by atoms with Crippen molar-refractivity contribution in [3.05, 3.63) is 42.1 Å². The zero-order valence-electron chi connectivity index (χ0n) is 8.41. The minimum atomic E-state index is -3.71. The summed E-state index contributed by atoms with van der Waals surface area (Å²) in [6.07, 6.45) is 5.45. The zero-order chi connectivity index (χ0) is 12.3. The molecule has 2 heterocycles. The van der Waals surface area contributed by atoms with Crippen LogP contribution >= 0.6 is 11.6 Å². The van der Waals surface area contributed by atoms with Gasteiger partial charge in [-0.2, -0.15) is 0 Å². The van der Waals surface area contributed by atoms with Gasteiger partial charge in [0.05, 0.1) is 11.1 Å². The second kappa shape index (κ2) is 4.64. The van der Waals surface area contributed by atoms with Gasteiger partial charge >= 0.3 is 0 Å². The van der Waals surface area contributed by atoms with Crippen molar-refractivity contribution in [3.63, 3.8) is 0 Å². The molecule has 17 heavy (non-hydrogen) atoms. The fraction of sp³-hybridized carbons (Fsp3) is 0. The van der Waals surface area contributed by atoms with E-state index in [1.54, 1.807) is 0 Å². The first kappa shape index (κ1) is 11.7. The maximum absolute atomic E-state index is 11.9. The summed E-state index contributed by atoms with van der Waals surface area (Å²) in [5, 5.41) is 0.104. The number of anilines is 1. The van der Waals surface area contributed by atoms with E-state index in [-0.39, 0.29) is 15.9 Å². The summed E-state index contributed by atoms with van der Waals surface area (Å²) in [5.74, 6) is 0.139. The van der Waals surface area contributed by atoms with Crippen molar-refractivity contribution in [2.75, 3.05) is 4.72 Å². The van der Waals surface area contributed by atoms with E-state index in [0.29, 0.717) is 0 Å². The first-order valence-corrected chi connectivity index (χ1v) is 6.34. The Balaban J connectivity index is 2.32. The first-order chi connectivity index (χ1) is 8.08. The quantitative estimate of drug-likeness (QED) is 0.851. The van der Waals surface area contributed by atoms with Gasteiger partial charge in [-0.15, -0.1) is 0 Å². The van der Waals surface area contributed by atoms with Crippen molar-refractivity contribution in [2.45, 2.75) is 4.90 Å². The van der Waals surface area contributed by atoms with E-state index in [0.717, 1.165) is 0 Å². The molecule has 0 aliphatic rings. The largest absolute Gasteiger partial charge is 0.263 e. The third kappa shape index (κ3) is 2.89. The molecule has 2 aromatic heterocycles. The third-order valence-corrected chi connectivity index (χ3v) is 3.37. The first-order valence-electron chi connectivity index (χ1n) is 4.48. The monoisotopic (exact) mass is 270 g/mol. The number of hydrogen-bond acceptors (Lipinski definition) is 5. The Morgan fingerprint density at radius 2 is 2.00 bits per heavy atom. The van der Waals surface area contributed by atoms with Gasteiger partial charge in [-0.1, -0.05) is 11.6 Å². The Morgan fingerprint density at radius 3 is 2.65 bits per heavy atom. The van der Waals surface area contributed by atoms with Gasteiger partial charge in [0.2, 0.25) is 0 Å². The lowest BCUT2D eigenvalue weighted by Gasteiger charge is -2.06. The summed E-state index contributed by atoms with van der Waals surface area (Å²) in [6, 6.07) is 2.59. The minimum Gasteiger partial charge on any atom is -0.262 e. The second-order valence-electron chi connectivity index (χ2n) is 3.01. The number of aromatic nitrogens is 3. The average Bonchev–Trinajstić information content (AvgIpc) is 2.30. The highest BCUT2D eigenvalue weighted by Crippen LogP contribution is 2.15. The minimum absolute atomic E-state index is 0.0168. The van der Waals surface area contributed by atoms with Crippen molar-refractivity contribution in [2.24, 2.45) is 0 Å². The van der Waals surface area contributed by atoms with E-state index in [2.05, 4.69) is 19.7 Å². The second-order valence-corrected chi connectivity index (χ2v) is 5.08. The Hall–Kier alpha value is -1.73. The van der Waals surface area contributed by atoms with E-state index in [1.165, 1.54) is 36.9 Å². The normalized spacial score (nSPS) is 11.1. The van der Waals surface area contributed by atoms with Crippen LogP contribution in [0.2, 0.25) is 5.15 Å². The van der Waals surface area contributed by atoms with Crippen LogP contribution in [0.4, 0.5) is 5.82 Å². The number of nitrogens with one attached hydrogen (secondary N) is 1. The van der Waals surface area contributed by atoms with E-state index in [9.17, 15) is 8.42 Å². The molecule has 0 saturated carbocycles. The highest BCUT2D eigenvalue weighted by Gasteiger charge is 2.15. The van der Waals surface area contributed by atoms with Gasteiger partial charge in [-0.05, 0) is 12.1 Å². The standard InChI is InChI=1S/C9H7ClN4O2S/c10-8-5-7(1-2-12-8)17(15,16)14-9-6-11-3-4-13-9/h1-6H,(H,13,14). The van der Waals surface area contributed by atoms with E-state index in [4.69, 9.17) is 11.6 Å². The molecule has 0 saturated heterocycles. The lowest BCUT2D eigenvalue weighted by atomic mass is 10.5. The van der Waals surface area contributed by atoms with Crippen molar-refractivity contribution in [1.82, 2.24) is 15.0 Å². The van der Waals surface area contributed by atoms with Crippen LogP contribution in [0.5, 0.6) is 0 Å². The Bertz CT molecular complexity index is 618. The molecular weight excluding hydrogens is 264 g/mol. The summed E-state index contributed by atoms with van der Waals surface area (Å²) in [5.41, 5.74) is 0. The van der Waals surface area contributed by atoms with E-state index in [1.807, 2.05) is 0 Å². The summed E-state index contributed by atoms with van der Waals surface area (Å²) in [6.45, 7) is 0. The van der Waals surface area contributed by atoms with Crippen LogP contribution in [0, 0.1) is 0 Å². The number of rotatable bonds is 3. The van der Waals surface area contributed by atoms with Crippen molar-refractivity contribution in [3.8, 4) is 0 Å². The van der Waals surface area contributed by atoms with E-state index >= 15 is 0 Å². The molecule has 0 amide bonds. The van der Waals surface area contributed by atoms with Crippen molar-refractivity contribution in [1.29, 1.82) is 0 Å². The van der Waals surface area contributed by atoms with Gasteiger partial charge in [-0.25, -0.2) is 18.4 Å². The summed E-state index contributed by atoms with van der Waals surface area (Å²) < 4.78 is 26.1. The van der Waals surface area contributed by atoms with Gasteiger partial charge in [0.25, 0.3) is 10.0 Å². The lowest BCUT2D eigenvalue weighted by Crippen LogP contribution is -2.14. The SMILES string of the molecule is O=S(=O)(Nc1cnccn1)c1ccnc(Cl)c1. The van der Waals surface area contributed by atoms with Crippen LogP contribution in [0.15, 0.2) is 41.8 Å². The summed E-state index contributed by atoms with van der Waals surface area (Å²) >= 11 is 5.62. The molecule has 0 bridgehead atoms. The highest BCUT2D eigenvalue weighted by molar-refractivity contribution is 7.92. The van der Waals surface area contributed by atoms with Crippen LogP contribution in [0.1, 0.15) is 0 Å². The molecule has 0 spiro atoms. The molecular formula is C9H7ClN4O2S. The van der Waals surface area contributed by atoms with Gasteiger partial charge in [-0.3, -0.25) is 9.71 Å². The maximum Gasteiger partial charge on any atom is 0.263 e. The maximum atomic E-state index is 11.9. The smallest absolute Gasteiger partial charge is 0.262 e. The van der Waals surface area contributed by atoms with Crippen LogP contribution in [0.25, 0.3) is 0 Å². The molecule has 0 fully saturated rings. The Kier molecular flexibility index (Phi) is 3.21. The Labute approximate surface area is 103 Å². The average molecular weight is 271 g/mol. The van der Waals surface area contributed by atoms with Gasteiger partial charge < -0.3 is 0 Å². The van der Waals surface area contributed by atoms with Gasteiger partial charge in [0, 0.05) is 18.6 Å². The molecule has 6 nitrogen and oxygen atoms in total. The fourth-order valence-electron chi connectivity index (χ4n) is 1.10. The number of hydrogen-bond donors (Lipinski definition) is 1. The van der Waals surface area contributed by atoms with E-state index < -0.39 is 10.0 Å². The molecule has 0 radical (unpaired) electrons. The predicted molar refractivity (Wildman–Crippen MR) is 62.1 cm³/mol. The van der Waals surface area contributed by atoms with Crippen LogP contribution in [-0.4, -0.2) is 23.4 Å². The number of halogens is 1. The molecule has 0 aliphatic heterocycles. The predicted octanol–water partition coefficient (Wildman–Crippen LogP) is 1.33. The molecule has 88 valence electrons. The van der Waals surface area contributed by atoms with Crippen molar-refractivity contribution < 1.29 is 8.42 Å². The zero-order valence-corrected chi connectivity index (χ0v) is 9.98. The molecule has 0 aromatic carbocycles. The Morgan fingerprint density at radius 1 is 1.18 bits per heavy atom. The van der Waals surface area contributed by atoms with Crippen molar-refractivity contribution >= 4 is 27.4 Å². The number of nitrogens with zero attached hydrogens (tertiary/aromatic N) is 3. The van der Waals surface area contributed by atoms with Gasteiger partial charge in [0.15, 0.2) is 5.82 Å². The number of pyridine rings is 1. The summed E-state index contributed by atoms with van der Waals surface area (Å²) in [7, 11) is -3.71. The van der Waals surface area contributed by atoms with Crippen LogP contribution in [0.3, 0.4) is 0 Å². The molecule has 8 heteroatoms. The lowest BCUT2D eigenvalue weighted by molar-refractivity contribution is 0.601. The summed E-state index contributed by atoms with van der Waals surface area (Å²) in [4.78, 5) is 11.3. The number of sulfonamides is 1. The fourth-order valence-corrected chi connectivity index (χ4v) is 2.34.